The molecule has 1 saturated heterocycles. The van der Waals surface area contributed by atoms with Crippen molar-refractivity contribution >= 4 is 51.5 Å². The van der Waals surface area contributed by atoms with Crippen LogP contribution < -0.4 is 15.5 Å². The molecule has 0 bridgehead atoms. The van der Waals surface area contributed by atoms with Crippen LogP contribution in [0.5, 0.6) is 0 Å². The highest BCUT2D eigenvalue weighted by molar-refractivity contribution is 7.13. The maximum atomic E-state index is 13.9. The first-order valence-electron chi connectivity index (χ1n) is 12.2. The number of hydrogen-bond donors (Lipinski definition) is 2. The predicted molar refractivity (Wildman–Crippen MR) is 143 cm³/mol. The number of hydrogen-bond acceptors (Lipinski definition) is 7. The number of rotatable bonds is 8. The van der Waals surface area contributed by atoms with Crippen LogP contribution in [0.2, 0.25) is 0 Å². The van der Waals surface area contributed by atoms with Crippen LogP contribution in [0.25, 0.3) is 0 Å². The van der Waals surface area contributed by atoms with Gasteiger partial charge in [-0.1, -0.05) is 24.3 Å². The highest BCUT2D eigenvalue weighted by Gasteiger charge is 2.60. The highest BCUT2D eigenvalue weighted by Crippen LogP contribution is 2.44. The van der Waals surface area contributed by atoms with Crippen molar-refractivity contribution in [3.05, 3.63) is 70.7 Å². The van der Waals surface area contributed by atoms with E-state index >= 15 is 0 Å². The molecule has 0 aliphatic carbocycles. The summed E-state index contributed by atoms with van der Waals surface area (Å²) in [4.78, 5) is 60.0. The van der Waals surface area contributed by atoms with E-state index in [0.717, 1.165) is 11.3 Å². The summed E-state index contributed by atoms with van der Waals surface area (Å²) in [5, 5.41) is 8.09. The topological polar surface area (TPSA) is 121 Å². The first-order chi connectivity index (χ1) is 18.3. The number of carbonyl (C=O) groups excluding carboxylic acids is 4. The third kappa shape index (κ3) is 4.54. The molecule has 1 unspecified atom stereocenters. The van der Waals surface area contributed by atoms with Crippen LogP contribution >= 0.6 is 11.3 Å². The minimum absolute atomic E-state index is 0.130. The molecule has 2 N–H and O–H groups in total. The number of aromatic nitrogens is 1. The number of ether oxygens (including phenoxy) is 1. The summed E-state index contributed by atoms with van der Waals surface area (Å²) in [6, 6.07) is 13.7. The lowest BCUT2D eigenvalue weighted by Crippen LogP contribution is -2.69. The molecule has 1 aromatic heterocycles. The fourth-order valence-electron chi connectivity index (χ4n) is 4.97. The van der Waals surface area contributed by atoms with Crippen LogP contribution in [-0.4, -0.2) is 59.4 Å². The lowest BCUT2D eigenvalue weighted by molar-refractivity contribution is -0.129. The van der Waals surface area contributed by atoms with E-state index in [-0.39, 0.29) is 50.1 Å². The van der Waals surface area contributed by atoms with Crippen LogP contribution in [0.4, 0.5) is 16.5 Å². The molecule has 0 radical (unpaired) electrons. The van der Waals surface area contributed by atoms with Gasteiger partial charge in [0.2, 0.25) is 17.5 Å². The Balaban J connectivity index is 1.37. The third-order valence-electron chi connectivity index (χ3n) is 6.70. The number of amides is 4. The lowest BCUT2D eigenvalue weighted by Gasteiger charge is -2.49. The second kappa shape index (κ2) is 10.3. The van der Waals surface area contributed by atoms with Crippen LogP contribution in [-0.2, 0) is 25.5 Å². The molecule has 2 aliphatic heterocycles. The van der Waals surface area contributed by atoms with Crippen LogP contribution in [0.15, 0.2) is 53.9 Å². The number of nitrogens with one attached hydrogen (secondary N) is 2. The van der Waals surface area contributed by atoms with Crippen LogP contribution in [0, 0.1) is 6.92 Å². The fraction of sp³-hybridized carbons (Fsp3) is 0.296. The average molecular weight is 534 g/mol. The van der Waals surface area contributed by atoms with Crippen molar-refractivity contribution in [3.63, 3.8) is 0 Å². The van der Waals surface area contributed by atoms with Gasteiger partial charge in [0.1, 0.15) is 0 Å². The van der Waals surface area contributed by atoms with Gasteiger partial charge in [-0.3, -0.25) is 24.1 Å². The number of nitrogens with zero attached hydrogens (tertiary/aromatic N) is 3. The highest BCUT2D eigenvalue weighted by atomic mass is 32.1. The molecular formula is C27H27N5O5S. The van der Waals surface area contributed by atoms with Gasteiger partial charge < -0.3 is 20.3 Å². The summed E-state index contributed by atoms with van der Waals surface area (Å²) < 4.78 is 5.22. The van der Waals surface area contributed by atoms with Crippen molar-refractivity contribution in [1.29, 1.82) is 0 Å². The summed E-state index contributed by atoms with van der Waals surface area (Å²) in [5.41, 5.74) is 1.38. The Morgan fingerprint density at radius 2 is 1.87 bits per heavy atom. The number of thiazole rings is 1. The number of methoxy groups -OCH3 is 1. The summed E-state index contributed by atoms with van der Waals surface area (Å²) >= 11 is 1.36. The summed E-state index contributed by atoms with van der Waals surface area (Å²) in [7, 11) is 1.52. The minimum atomic E-state index is -1.51. The maximum Gasteiger partial charge on any atom is 0.271 e. The van der Waals surface area contributed by atoms with Gasteiger partial charge in [-0.25, -0.2) is 4.98 Å². The molecular weight excluding hydrogens is 506 g/mol. The maximum absolute atomic E-state index is 13.9. The standard InChI is InChI=1S/C27H27N5O5S/c1-17-16-38-26(28-17)30-22(33)15-18-7-9-19(10-8-18)29-25(36)27-12-11-23(34)32(27)21-6-4-3-5-20(21)24(35)31(27)13-14-37-2/h3-10,16H,11-15H2,1-2H3,(H,29,36)(H,28,30,33). The van der Waals surface area contributed by atoms with Crippen LogP contribution in [0.1, 0.15) is 34.5 Å². The van der Waals surface area contributed by atoms with Crippen molar-refractivity contribution in [2.45, 2.75) is 31.8 Å². The smallest absolute Gasteiger partial charge is 0.271 e. The molecule has 3 heterocycles. The molecule has 3 aromatic rings. The quantitative estimate of drug-likeness (QED) is 0.459. The Bertz CT molecular complexity index is 1400. The molecule has 2 aromatic carbocycles. The minimum Gasteiger partial charge on any atom is -0.383 e. The fourth-order valence-corrected chi connectivity index (χ4v) is 5.67. The molecule has 2 aliphatic rings. The SMILES string of the molecule is COCCN1C(=O)c2ccccc2N2C(=O)CCC12C(=O)Nc1ccc(CC(=O)Nc2nc(C)cs2)cc1. The van der Waals surface area contributed by atoms with Crippen molar-refractivity contribution < 1.29 is 23.9 Å². The number of fused-ring (bicyclic) bond motifs is 3. The molecule has 38 heavy (non-hydrogen) atoms. The number of anilines is 3. The second-order valence-corrected chi connectivity index (χ2v) is 10.0. The van der Waals surface area contributed by atoms with E-state index in [2.05, 4.69) is 15.6 Å². The molecule has 5 rings (SSSR count). The van der Waals surface area contributed by atoms with E-state index < -0.39 is 11.6 Å². The normalized spacial score (nSPS) is 18.3. The van der Waals surface area contributed by atoms with Gasteiger partial charge in [-0.15, -0.1) is 11.3 Å². The van der Waals surface area contributed by atoms with Gasteiger partial charge in [-0.2, -0.15) is 0 Å². The lowest BCUT2D eigenvalue weighted by atomic mass is 9.95. The van der Waals surface area contributed by atoms with E-state index in [1.165, 1.54) is 28.2 Å². The molecule has 4 amide bonds. The zero-order valence-electron chi connectivity index (χ0n) is 21.0. The number of aryl methyl sites for hydroxylation is 1. The van der Waals surface area contributed by atoms with Crippen molar-refractivity contribution in [3.8, 4) is 0 Å². The molecule has 1 atom stereocenters. The van der Waals surface area contributed by atoms with E-state index in [1.54, 1.807) is 48.5 Å². The number of carbonyl (C=O) groups is 4. The van der Waals surface area contributed by atoms with Crippen molar-refractivity contribution in [1.82, 2.24) is 9.88 Å². The van der Waals surface area contributed by atoms with Crippen molar-refractivity contribution in [2.75, 3.05) is 35.8 Å². The summed E-state index contributed by atoms with van der Waals surface area (Å²) in [5.74, 6) is -1.22. The van der Waals surface area contributed by atoms with Gasteiger partial charge in [0.25, 0.3) is 11.8 Å². The summed E-state index contributed by atoms with van der Waals surface area (Å²) in [6.45, 7) is 2.22. The Morgan fingerprint density at radius 3 is 2.58 bits per heavy atom. The molecule has 1 fully saturated rings. The number of para-hydroxylation sites is 1. The van der Waals surface area contributed by atoms with Crippen LogP contribution in [0.3, 0.4) is 0 Å². The predicted octanol–water partition coefficient (Wildman–Crippen LogP) is 3.20. The monoisotopic (exact) mass is 533 g/mol. The molecule has 11 heteroatoms. The zero-order valence-corrected chi connectivity index (χ0v) is 21.8. The first-order valence-corrected chi connectivity index (χ1v) is 13.1. The average Bonchev–Trinajstić information content (AvgIpc) is 3.48. The number of benzene rings is 2. The second-order valence-electron chi connectivity index (χ2n) is 9.18. The summed E-state index contributed by atoms with van der Waals surface area (Å²) in [6.07, 6.45) is 0.441. The van der Waals surface area contributed by atoms with E-state index in [1.807, 2.05) is 12.3 Å². The molecule has 10 nitrogen and oxygen atoms in total. The van der Waals surface area contributed by atoms with E-state index in [9.17, 15) is 19.2 Å². The Hall–Kier alpha value is -4.09. The largest absolute Gasteiger partial charge is 0.383 e. The molecule has 0 saturated carbocycles. The van der Waals surface area contributed by atoms with Gasteiger partial charge in [0.05, 0.1) is 30.0 Å². The molecule has 196 valence electrons. The Kier molecular flexibility index (Phi) is 6.96. The van der Waals surface area contributed by atoms with Gasteiger partial charge in [0.15, 0.2) is 5.13 Å². The van der Waals surface area contributed by atoms with Gasteiger partial charge >= 0.3 is 0 Å². The van der Waals surface area contributed by atoms with Gasteiger partial charge in [0, 0.05) is 37.6 Å². The Labute approximate surface area is 223 Å². The third-order valence-corrected chi connectivity index (χ3v) is 7.57. The van der Waals surface area contributed by atoms with E-state index in [0.29, 0.717) is 22.1 Å². The van der Waals surface area contributed by atoms with Crippen molar-refractivity contribution in [2.24, 2.45) is 0 Å². The van der Waals surface area contributed by atoms with E-state index in [4.69, 9.17) is 4.74 Å². The zero-order chi connectivity index (χ0) is 26.9. The van der Waals surface area contributed by atoms with Gasteiger partial charge in [-0.05, 0) is 36.8 Å². The first kappa shape index (κ1) is 25.6. The Morgan fingerprint density at radius 1 is 1.11 bits per heavy atom. The molecule has 0 spiro atoms.